The zero-order chi connectivity index (χ0) is 13.9. The fraction of sp³-hybridized carbons (Fsp3) is 0.571. The van der Waals surface area contributed by atoms with Crippen LogP contribution in [0.15, 0.2) is 24.3 Å². The molecule has 5 heteroatoms. The standard InChI is InChI=1S/C14H20N2O3/c1-14(17)7-10-15(11-8-14)9-6-12-4-2-3-5-13(12)16(18)19/h2-5,17H,6-11H2,1H3. The first kappa shape index (κ1) is 14.0. The molecule has 1 heterocycles. The van der Waals surface area contributed by atoms with E-state index in [1.807, 2.05) is 19.1 Å². The number of likely N-dealkylation sites (tertiary alicyclic amines) is 1. The summed E-state index contributed by atoms with van der Waals surface area (Å²) in [5.74, 6) is 0. The summed E-state index contributed by atoms with van der Waals surface area (Å²) in [7, 11) is 0. The van der Waals surface area contributed by atoms with E-state index in [4.69, 9.17) is 0 Å². The van der Waals surface area contributed by atoms with Crippen LogP contribution < -0.4 is 0 Å². The van der Waals surface area contributed by atoms with Gasteiger partial charge in [-0.1, -0.05) is 18.2 Å². The van der Waals surface area contributed by atoms with E-state index in [-0.39, 0.29) is 10.6 Å². The second kappa shape index (κ2) is 5.67. The molecule has 1 aliphatic heterocycles. The third-order valence-corrected chi connectivity index (χ3v) is 3.82. The number of nitro benzene ring substituents is 1. The van der Waals surface area contributed by atoms with Gasteiger partial charge in [0.1, 0.15) is 0 Å². The third-order valence-electron chi connectivity index (χ3n) is 3.82. The average Bonchev–Trinajstić information content (AvgIpc) is 2.38. The van der Waals surface area contributed by atoms with E-state index in [0.717, 1.165) is 38.0 Å². The van der Waals surface area contributed by atoms with Crippen molar-refractivity contribution in [1.29, 1.82) is 0 Å². The van der Waals surface area contributed by atoms with Crippen LogP contribution in [0, 0.1) is 10.1 Å². The summed E-state index contributed by atoms with van der Waals surface area (Å²) >= 11 is 0. The number of nitrogens with zero attached hydrogens (tertiary/aromatic N) is 2. The predicted molar refractivity (Wildman–Crippen MR) is 73.1 cm³/mol. The quantitative estimate of drug-likeness (QED) is 0.667. The summed E-state index contributed by atoms with van der Waals surface area (Å²) in [4.78, 5) is 12.9. The van der Waals surface area contributed by atoms with E-state index >= 15 is 0 Å². The SMILES string of the molecule is CC1(O)CCN(CCc2ccccc2[N+](=O)[O-])CC1. The molecular weight excluding hydrogens is 244 g/mol. The predicted octanol–water partition coefficient (Wildman–Crippen LogP) is 1.98. The van der Waals surface area contributed by atoms with Crippen molar-refractivity contribution in [3.8, 4) is 0 Å². The number of hydrogen-bond donors (Lipinski definition) is 1. The minimum absolute atomic E-state index is 0.200. The molecule has 0 bridgehead atoms. The highest BCUT2D eigenvalue weighted by atomic mass is 16.6. The minimum atomic E-state index is -0.546. The zero-order valence-corrected chi connectivity index (χ0v) is 11.2. The summed E-state index contributed by atoms with van der Waals surface area (Å²) < 4.78 is 0. The molecule has 1 saturated heterocycles. The van der Waals surface area contributed by atoms with E-state index in [0.29, 0.717) is 6.42 Å². The summed E-state index contributed by atoms with van der Waals surface area (Å²) in [5, 5.41) is 20.8. The first-order chi connectivity index (χ1) is 8.98. The van der Waals surface area contributed by atoms with Gasteiger partial charge in [-0.05, 0) is 26.2 Å². The summed E-state index contributed by atoms with van der Waals surface area (Å²) in [6.45, 7) is 4.38. The Morgan fingerprint density at radius 2 is 2.00 bits per heavy atom. The third kappa shape index (κ3) is 3.75. The molecule has 0 amide bonds. The molecule has 104 valence electrons. The van der Waals surface area contributed by atoms with Gasteiger partial charge in [-0.3, -0.25) is 10.1 Å². The second-order valence-electron chi connectivity index (χ2n) is 5.47. The topological polar surface area (TPSA) is 66.6 Å². The van der Waals surface area contributed by atoms with E-state index < -0.39 is 5.60 Å². The molecule has 0 aromatic heterocycles. The van der Waals surface area contributed by atoms with Crippen molar-refractivity contribution >= 4 is 5.69 Å². The van der Waals surface area contributed by atoms with Crippen molar-refractivity contribution < 1.29 is 10.0 Å². The second-order valence-corrected chi connectivity index (χ2v) is 5.47. The lowest BCUT2D eigenvalue weighted by molar-refractivity contribution is -0.385. The number of rotatable bonds is 4. The first-order valence-corrected chi connectivity index (χ1v) is 6.65. The molecule has 2 rings (SSSR count). The van der Waals surface area contributed by atoms with Crippen LogP contribution >= 0.6 is 0 Å². The lowest BCUT2D eigenvalue weighted by Crippen LogP contribution is -2.43. The van der Waals surface area contributed by atoms with Crippen molar-refractivity contribution in [2.45, 2.75) is 31.8 Å². The van der Waals surface area contributed by atoms with Gasteiger partial charge in [-0.2, -0.15) is 0 Å². The highest BCUT2D eigenvalue weighted by molar-refractivity contribution is 5.39. The molecule has 0 aliphatic carbocycles. The van der Waals surface area contributed by atoms with Crippen LogP contribution in [0.3, 0.4) is 0 Å². The molecule has 19 heavy (non-hydrogen) atoms. The van der Waals surface area contributed by atoms with Crippen LogP contribution in [0.25, 0.3) is 0 Å². The van der Waals surface area contributed by atoms with Crippen LogP contribution in [0.5, 0.6) is 0 Å². The van der Waals surface area contributed by atoms with Crippen molar-refractivity contribution in [1.82, 2.24) is 4.90 Å². The molecule has 1 N–H and O–H groups in total. The largest absolute Gasteiger partial charge is 0.390 e. The van der Waals surface area contributed by atoms with Gasteiger partial charge < -0.3 is 10.0 Å². The Hall–Kier alpha value is -1.46. The Kier molecular flexibility index (Phi) is 4.17. The number of nitro groups is 1. The number of piperidine rings is 1. The van der Waals surface area contributed by atoms with E-state index in [1.165, 1.54) is 0 Å². The Balaban J connectivity index is 1.91. The molecule has 5 nitrogen and oxygen atoms in total. The fourth-order valence-electron chi connectivity index (χ4n) is 2.44. The molecule has 1 fully saturated rings. The smallest absolute Gasteiger partial charge is 0.272 e. The van der Waals surface area contributed by atoms with Crippen LogP contribution in [0.2, 0.25) is 0 Å². The van der Waals surface area contributed by atoms with Crippen molar-refractivity contribution in [2.75, 3.05) is 19.6 Å². The van der Waals surface area contributed by atoms with Gasteiger partial charge in [-0.15, -0.1) is 0 Å². The number of aliphatic hydroxyl groups is 1. The van der Waals surface area contributed by atoms with Crippen LogP contribution in [0.4, 0.5) is 5.69 Å². The van der Waals surface area contributed by atoms with E-state index in [2.05, 4.69) is 4.90 Å². The lowest BCUT2D eigenvalue weighted by atomic mass is 9.93. The van der Waals surface area contributed by atoms with Gasteiger partial charge in [0.2, 0.25) is 0 Å². The van der Waals surface area contributed by atoms with Crippen LogP contribution in [-0.2, 0) is 6.42 Å². The minimum Gasteiger partial charge on any atom is -0.390 e. The van der Waals surface area contributed by atoms with Crippen molar-refractivity contribution in [2.24, 2.45) is 0 Å². The maximum Gasteiger partial charge on any atom is 0.272 e. The van der Waals surface area contributed by atoms with Crippen molar-refractivity contribution in [3.05, 3.63) is 39.9 Å². The fourth-order valence-corrected chi connectivity index (χ4v) is 2.44. The van der Waals surface area contributed by atoms with Gasteiger partial charge in [0.25, 0.3) is 5.69 Å². The Bertz CT molecular complexity index is 450. The normalized spacial score (nSPS) is 19.3. The number of hydrogen-bond acceptors (Lipinski definition) is 4. The van der Waals surface area contributed by atoms with E-state index in [1.54, 1.807) is 12.1 Å². The Labute approximate surface area is 113 Å². The highest BCUT2D eigenvalue weighted by Gasteiger charge is 2.27. The first-order valence-electron chi connectivity index (χ1n) is 6.65. The lowest BCUT2D eigenvalue weighted by Gasteiger charge is -2.35. The van der Waals surface area contributed by atoms with E-state index in [9.17, 15) is 15.2 Å². The average molecular weight is 264 g/mol. The maximum absolute atomic E-state index is 10.9. The van der Waals surface area contributed by atoms with Crippen LogP contribution in [0.1, 0.15) is 25.3 Å². The molecule has 0 atom stereocenters. The van der Waals surface area contributed by atoms with Gasteiger partial charge in [0.15, 0.2) is 0 Å². The zero-order valence-electron chi connectivity index (χ0n) is 11.2. The molecule has 1 aliphatic rings. The number of benzene rings is 1. The highest BCUT2D eigenvalue weighted by Crippen LogP contribution is 2.22. The molecule has 1 aromatic rings. The molecule has 0 radical (unpaired) electrons. The Morgan fingerprint density at radius 1 is 1.37 bits per heavy atom. The van der Waals surface area contributed by atoms with Gasteiger partial charge >= 0.3 is 0 Å². The molecule has 0 unspecified atom stereocenters. The molecular formula is C14H20N2O3. The number of para-hydroxylation sites is 1. The summed E-state index contributed by atoms with van der Waals surface area (Å²) in [5.41, 5.74) is 0.436. The Morgan fingerprint density at radius 3 is 2.63 bits per heavy atom. The molecule has 0 saturated carbocycles. The maximum atomic E-state index is 10.9. The van der Waals surface area contributed by atoms with Gasteiger partial charge in [-0.25, -0.2) is 0 Å². The monoisotopic (exact) mass is 264 g/mol. The van der Waals surface area contributed by atoms with Gasteiger partial charge in [0.05, 0.1) is 10.5 Å². The van der Waals surface area contributed by atoms with Crippen LogP contribution in [-0.4, -0.2) is 40.2 Å². The molecule has 0 spiro atoms. The summed E-state index contributed by atoms with van der Waals surface area (Å²) in [6, 6.07) is 6.90. The van der Waals surface area contributed by atoms with Crippen molar-refractivity contribution in [3.63, 3.8) is 0 Å². The van der Waals surface area contributed by atoms with Gasteiger partial charge in [0, 0.05) is 31.3 Å². The molecule has 1 aromatic carbocycles. The summed E-state index contributed by atoms with van der Waals surface area (Å²) in [6.07, 6.45) is 2.22.